The molecule has 10 heteroatoms. The number of nitrogens with one attached hydrogen (secondary N) is 1. The van der Waals surface area contributed by atoms with Crippen molar-refractivity contribution in [3.05, 3.63) is 94.5 Å². The summed E-state index contributed by atoms with van der Waals surface area (Å²) in [7, 11) is -2.38. The van der Waals surface area contributed by atoms with Crippen molar-refractivity contribution in [1.82, 2.24) is 10.2 Å². The molecule has 3 aromatic carbocycles. The molecule has 8 nitrogen and oxygen atoms in total. The fourth-order valence-electron chi connectivity index (χ4n) is 4.22. The van der Waals surface area contributed by atoms with Crippen molar-refractivity contribution in [2.24, 2.45) is 0 Å². The summed E-state index contributed by atoms with van der Waals surface area (Å²) in [6.45, 7) is 5.23. The first-order chi connectivity index (χ1) is 18.8. The van der Waals surface area contributed by atoms with Gasteiger partial charge in [-0.1, -0.05) is 64.5 Å². The van der Waals surface area contributed by atoms with Crippen LogP contribution in [0.3, 0.4) is 0 Å². The number of carbonyl (C=O) groups excluding carboxylic acids is 2. The summed E-state index contributed by atoms with van der Waals surface area (Å²) in [6, 6.07) is 22.5. The van der Waals surface area contributed by atoms with Gasteiger partial charge in [-0.3, -0.25) is 13.9 Å². The lowest BCUT2D eigenvalue weighted by molar-refractivity contribution is -0.140. The second-order valence-corrected chi connectivity index (χ2v) is 13.4. The highest BCUT2D eigenvalue weighted by molar-refractivity contribution is 9.10. The third kappa shape index (κ3) is 9.09. The van der Waals surface area contributed by atoms with Gasteiger partial charge in [0.05, 0.1) is 19.1 Å². The zero-order valence-corrected chi connectivity index (χ0v) is 25.8. The van der Waals surface area contributed by atoms with Gasteiger partial charge in [0.1, 0.15) is 18.3 Å². The first kappa shape index (κ1) is 31.2. The molecule has 0 saturated carbocycles. The van der Waals surface area contributed by atoms with E-state index in [0.717, 1.165) is 26.2 Å². The second kappa shape index (κ2) is 13.3. The van der Waals surface area contributed by atoms with Crippen LogP contribution >= 0.6 is 15.9 Å². The molecule has 0 saturated heterocycles. The van der Waals surface area contributed by atoms with Crippen LogP contribution < -0.4 is 14.4 Å². The van der Waals surface area contributed by atoms with Crippen molar-refractivity contribution in [1.29, 1.82) is 0 Å². The molecule has 2 amide bonds. The molecule has 0 aliphatic carbocycles. The molecule has 0 fully saturated rings. The molecule has 0 aliphatic rings. The van der Waals surface area contributed by atoms with Crippen molar-refractivity contribution >= 4 is 43.5 Å². The molecule has 214 valence electrons. The average Bonchev–Trinajstić information content (AvgIpc) is 2.88. The lowest BCUT2D eigenvalue weighted by Gasteiger charge is -2.35. The smallest absolute Gasteiger partial charge is 0.244 e. The molecule has 40 heavy (non-hydrogen) atoms. The molecule has 0 bridgehead atoms. The highest BCUT2D eigenvalue weighted by atomic mass is 79.9. The van der Waals surface area contributed by atoms with E-state index in [1.807, 2.05) is 75.4 Å². The Hall–Kier alpha value is -3.37. The fourth-order valence-corrected chi connectivity index (χ4v) is 5.51. The lowest BCUT2D eigenvalue weighted by Crippen LogP contribution is -2.56. The van der Waals surface area contributed by atoms with E-state index >= 15 is 0 Å². The molecule has 1 N–H and O–H groups in total. The van der Waals surface area contributed by atoms with Gasteiger partial charge in [-0.25, -0.2) is 8.42 Å². The first-order valence-corrected chi connectivity index (χ1v) is 15.4. The molecule has 0 radical (unpaired) electrons. The molecule has 0 spiro atoms. The molecule has 3 aromatic rings. The van der Waals surface area contributed by atoms with Gasteiger partial charge in [-0.2, -0.15) is 0 Å². The molecule has 1 atom stereocenters. The minimum atomic E-state index is -3.86. The van der Waals surface area contributed by atoms with Crippen molar-refractivity contribution in [3.63, 3.8) is 0 Å². The summed E-state index contributed by atoms with van der Waals surface area (Å²) in [5.41, 5.74) is 1.40. The summed E-state index contributed by atoms with van der Waals surface area (Å²) in [6.07, 6.45) is 1.30. The van der Waals surface area contributed by atoms with Gasteiger partial charge < -0.3 is 15.0 Å². The number of anilines is 1. The molecule has 0 aliphatic heterocycles. The SMILES string of the molecule is COc1cccc(N(CC(=O)N(Cc2cccc(Br)c2)C(Cc2ccccc2)C(=O)NC(C)(C)C)S(C)(=O)=O)c1. The minimum absolute atomic E-state index is 0.100. The quantitative estimate of drug-likeness (QED) is 0.329. The normalized spacial score (nSPS) is 12.3. The topological polar surface area (TPSA) is 96.0 Å². The summed E-state index contributed by atoms with van der Waals surface area (Å²) in [4.78, 5) is 29.3. The average molecular weight is 631 g/mol. The zero-order chi connectivity index (χ0) is 29.5. The standard InChI is InChI=1S/C30H36BrN3O5S/c1-30(2,3)32-29(36)27(18-22-11-7-6-8-12-22)33(20-23-13-9-14-24(31)17-23)28(35)21-34(40(5,37)38)25-15-10-16-26(19-25)39-4/h6-17,19,27H,18,20-21H2,1-5H3,(H,32,36). The Labute approximate surface area is 245 Å². The fraction of sp³-hybridized carbons (Fsp3) is 0.333. The maximum Gasteiger partial charge on any atom is 0.244 e. The molecule has 0 aromatic heterocycles. The van der Waals surface area contributed by atoms with Crippen molar-refractivity contribution < 1.29 is 22.7 Å². The van der Waals surface area contributed by atoms with E-state index in [1.54, 1.807) is 24.3 Å². The minimum Gasteiger partial charge on any atom is -0.497 e. The van der Waals surface area contributed by atoms with Crippen molar-refractivity contribution in [3.8, 4) is 5.75 Å². The number of hydrogen-bond acceptors (Lipinski definition) is 5. The van der Waals surface area contributed by atoms with E-state index in [2.05, 4.69) is 21.2 Å². The number of amides is 2. The predicted octanol–water partition coefficient (Wildman–Crippen LogP) is 4.78. The van der Waals surface area contributed by atoms with Crippen molar-refractivity contribution in [2.75, 3.05) is 24.2 Å². The van der Waals surface area contributed by atoms with Crippen LogP contribution in [0.4, 0.5) is 5.69 Å². The number of benzene rings is 3. The number of ether oxygens (including phenoxy) is 1. The highest BCUT2D eigenvalue weighted by Crippen LogP contribution is 2.25. The van der Waals surface area contributed by atoms with E-state index in [4.69, 9.17) is 4.74 Å². The number of hydrogen-bond donors (Lipinski definition) is 1. The van der Waals surface area contributed by atoms with Crippen LogP contribution in [-0.2, 0) is 32.6 Å². The van der Waals surface area contributed by atoms with Crippen LogP contribution in [0.1, 0.15) is 31.9 Å². The van der Waals surface area contributed by atoms with E-state index < -0.39 is 34.1 Å². The zero-order valence-electron chi connectivity index (χ0n) is 23.4. The van der Waals surface area contributed by atoms with Crippen LogP contribution in [0.15, 0.2) is 83.3 Å². The number of methoxy groups -OCH3 is 1. The Kier molecular flexibility index (Phi) is 10.4. The van der Waals surface area contributed by atoms with Gasteiger partial charge >= 0.3 is 0 Å². The molecular weight excluding hydrogens is 594 g/mol. The summed E-state index contributed by atoms with van der Waals surface area (Å²) in [5.74, 6) is -0.388. The monoisotopic (exact) mass is 629 g/mol. The van der Waals surface area contributed by atoms with E-state index in [9.17, 15) is 18.0 Å². The maximum atomic E-state index is 14.1. The number of sulfonamides is 1. The van der Waals surface area contributed by atoms with Crippen LogP contribution in [0.25, 0.3) is 0 Å². The Balaban J connectivity index is 2.08. The maximum absolute atomic E-state index is 14.1. The second-order valence-electron chi connectivity index (χ2n) is 10.6. The van der Waals surface area contributed by atoms with E-state index in [-0.39, 0.29) is 24.6 Å². The molecule has 0 heterocycles. The molecule has 1 unspecified atom stereocenters. The number of halogens is 1. The third-order valence-corrected chi connectivity index (χ3v) is 7.67. The van der Waals surface area contributed by atoms with Gasteiger partial charge in [-0.15, -0.1) is 0 Å². The van der Waals surface area contributed by atoms with Crippen LogP contribution in [0.2, 0.25) is 0 Å². The van der Waals surface area contributed by atoms with Gasteiger partial charge in [0.15, 0.2) is 0 Å². The Morgan fingerprint density at radius 1 is 0.950 bits per heavy atom. The number of nitrogens with zero attached hydrogens (tertiary/aromatic N) is 2. The summed E-state index contributed by atoms with van der Waals surface area (Å²) in [5, 5.41) is 3.01. The number of carbonyl (C=O) groups is 2. The Morgan fingerprint density at radius 3 is 2.20 bits per heavy atom. The molecule has 3 rings (SSSR count). The van der Waals surface area contributed by atoms with Crippen molar-refractivity contribution in [2.45, 2.75) is 45.3 Å². The van der Waals surface area contributed by atoms with E-state index in [1.165, 1.54) is 12.0 Å². The molecular formula is C30H36BrN3O5S. The Morgan fingerprint density at radius 2 is 1.60 bits per heavy atom. The summed E-state index contributed by atoms with van der Waals surface area (Å²) >= 11 is 3.48. The highest BCUT2D eigenvalue weighted by Gasteiger charge is 2.34. The van der Waals surface area contributed by atoms with Crippen LogP contribution in [0.5, 0.6) is 5.75 Å². The largest absolute Gasteiger partial charge is 0.497 e. The third-order valence-electron chi connectivity index (χ3n) is 6.03. The van der Waals surface area contributed by atoms with Crippen LogP contribution in [-0.4, -0.2) is 56.6 Å². The van der Waals surface area contributed by atoms with Crippen LogP contribution in [0, 0.1) is 0 Å². The number of rotatable bonds is 11. The van der Waals surface area contributed by atoms with E-state index in [0.29, 0.717) is 5.75 Å². The van der Waals surface area contributed by atoms with Gasteiger partial charge in [0.2, 0.25) is 21.8 Å². The van der Waals surface area contributed by atoms with Gasteiger partial charge in [-0.05, 0) is 56.2 Å². The lowest BCUT2D eigenvalue weighted by atomic mass is 10.0. The van der Waals surface area contributed by atoms with Gasteiger partial charge in [0, 0.05) is 29.0 Å². The first-order valence-electron chi connectivity index (χ1n) is 12.8. The van der Waals surface area contributed by atoms with Gasteiger partial charge in [0.25, 0.3) is 0 Å². The Bertz CT molecular complexity index is 1420. The summed E-state index contributed by atoms with van der Waals surface area (Å²) < 4.78 is 32.9. The predicted molar refractivity (Wildman–Crippen MR) is 162 cm³/mol.